The van der Waals surface area contributed by atoms with Crippen molar-refractivity contribution >= 4 is 29.2 Å². The number of hydrogen-bond acceptors (Lipinski definition) is 8. The van der Waals surface area contributed by atoms with E-state index in [4.69, 9.17) is 4.74 Å². The van der Waals surface area contributed by atoms with Crippen LogP contribution in [0.4, 0.5) is 5.69 Å². The molecule has 0 aromatic heterocycles. The minimum atomic E-state index is -1.29. The number of carbonyl (C=O) groups is 3. The molecule has 0 N–H and O–H groups in total. The van der Waals surface area contributed by atoms with Crippen LogP contribution in [-0.4, -0.2) is 48.9 Å². The number of esters is 1. The highest BCUT2D eigenvalue weighted by atomic mass is 16.5. The molecule has 10 nitrogen and oxygen atoms in total. The summed E-state index contributed by atoms with van der Waals surface area (Å²) in [6, 6.07) is 4.91. The molecule has 1 aromatic rings. The van der Waals surface area contributed by atoms with Gasteiger partial charge in [0.2, 0.25) is 5.91 Å². The SMILES string of the molecule is COC(=O)C1=NN(N=O)[C@@H]2C(=O)N(c3ccc(OC)cc3)C(=O)[C@H]12. The van der Waals surface area contributed by atoms with Crippen LogP contribution in [0.1, 0.15) is 0 Å². The minimum Gasteiger partial charge on any atom is -0.497 e. The Balaban J connectivity index is 2.00. The molecule has 0 unspecified atom stereocenters. The number of methoxy groups -OCH3 is 2. The molecular weight excluding hydrogens is 320 g/mol. The highest BCUT2D eigenvalue weighted by molar-refractivity contribution is 6.46. The van der Waals surface area contributed by atoms with Crippen LogP contribution in [0.2, 0.25) is 0 Å². The van der Waals surface area contributed by atoms with Gasteiger partial charge in [-0.15, -0.1) is 15.1 Å². The Morgan fingerprint density at radius 1 is 1.17 bits per heavy atom. The van der Waals surface area contributed by atoms with Crippen molar-refractivity contribution < 1.29 is 23.9 Å². The first-order valence-corrected chi connectivity index (χ1v) is 6.84. The van der Waals surface area contributed by atoms with Crippen LogP contribution in [0.5, 0.6) is 5.75 Å². The normalized spacial score (nSPS) is 22.3. The molecule has 0 spiro atoms. The van der Waals surface area contributed by atoms with E-state index in [1.54, 1.807) is 12.1 Å². The predicted octanol–water partition coefficient (Wildman–Crippen LogP) is 0.0792. The molecule has 0 bridgehead atoms. The van der Waals surface area contributed by atoms with Gasteiger partial charge in [-0.2, -0.15) is 0 Å². The van der Waals surface area contributed by atoms with Gasteiger partial charge in [-0.05, 0) is 24.3 Å². The fourth-order valence-corrected chi connectivity index (χ4v) is 2.72. The van der Waals surface area contributed by atoms with E-state index >= 15 is 0 Å². The summed E-state index contributed by atoms with van der Waals surface area (Å²) in [4.78, 5) is 48.8. The van der Waals surface area contributed by atoms with Crippen LogP contribution in [0, 0.1) is 10.8 Å². The molecule has 0 radical (unpaired) electrons. The number of anilines is 1. The smallest absolute Gasteiger partial charge is 0.355 e. The quantitative estimate of drug-likeness (QED) is 0.435. The lowest BCUT2D eigenvalue weighted by molar-refractivity contribution is -0.133. The number of rotatable bonds is 4. The van der Waals surface area contributed by atoms with Crippen molar-refractivity contribution in [2.45, 2.75) is 6.04 Å². The first kappa shape index (κ1) is 15.6. The Morgan fingerprint density at radius 3 is 2.38 bits per heavy atom. The van der Waals surface area contributed by atoms with Crippen molar-refractivity contribution in [3.05, 3.63) is 29.2 Å². The zero-order chi connectivity index (χ0) is 17.4. The summed E-state index contributed by atoms with van der Waals surface area (Å²) < 4.78 is 9.58. The Labute approximate surface area is 135 Å². The fourth-order valence-electron chi connectivity index (χ4n) is 2.72. The van der Waals surface area contributed by atoms with Crippen molar-refractivity contribution in [2.75, 3.05) is 19.1 Å². The van der Waals surface area contributed by atoms with E-state index in [0.29, 0.717) is 10.9 Å². The molecule has 1 fully saturated rings. The highest BCUT2D eigenvalue weighted by Crippen LogP contribution is 2.35. The second kappa shape index (κ2) is 5.72. The van der Waals surface area contributed by atoms with Gasteiger partial charge in [0.25, 0.3) is 5.91 Å². The molecular formula is C14H12N4O6. The molecule has 2 aliphatic rings. The standard InChI is InChI=1S/C14H12N4O6/c1-23-8-5-3-7(4-6-8)17-12(19)9-10(14(21)24-2)15-18(16-22)11(9)13(17)20/h3-6,9,11H,1-2H3/t9-,11+/m1/s1. The number of ether oxygens (including phenoxy) is 2. The van der Waals surface area contributed by atoms with Gasteiger partial charge in [-0.25, -0.2) is 9.69 Å². The predicted molar refractivity (Wildman–Crippen MR) is 79.9 cm³/mol. The average molecular weight is 332 g/mol. The Morgan fingerprint density at radius 2 is 1.83 bits per heavy atom. The zero-order valence-corrected chi connectivity index (χ0v) is 12.7. The third kappa shape index (κ3) is 2.11. The zero-order valence-electron chi connectivity index (χ0n) is 12.7. The minimum absolute atomic E-state index is 0.287. The number of nitroso groups, excluding NO2 is 1. The number of hydrazone groups is 1. The monoisotopic (exact) mass is 332 g/mol. The van der Waals surface area contributed by atoms with Gasteiger partial charge in [0.05, 0.1) is 25.2 Å². The highest BCUT2D eigenvalue weighted by Gasteiger charge is 2.59. The van der Waals surface area contributed by atoms with E-state index in [0.717, 1.165) is 12.0 Å². The third-order valence-corrected chi connectivity index (χ3v) is 3.84. The van der Waals surface area contributed by atoms with Crippen molar-refractivity contribution in [3.8, 4) is 5.75 Å². The molecule has 1 aromatic carbocycles. The van der Waals surface area contributed by atoms with E-state index in [9.17, 15) is 19.3 Å². The maximum absolute atomic E-state index is 12.7. The van der Waals surface area contributed by atoms with Crippen LogP contribution < -0.4 is 9.64 Å². The molecule has 24 heavy (non-hydrogen) atoms. The fraction of sp³-hybridized carbons (Fsp3) is 0.286. The van der Waals surface area contributed by atoms with Gasteiger partial charge in [0.15, 0.2) is 11.8 Å². The van der Waals surface area contributed by atoms with Crippen molar-refractivity contribution in [2.24, 2.45) is 16.3 Å². The summed E-state index contributed by atoms with van der Waals surface area (Å²) in [7, 11) is 2.59. The molecule has 124 valence electrons. The van der Waals surface area contributed by atoms with Gasteiger partial charge in [0.1, 0.15) is 11.7 Å². The van der Waals surface area contributed by atoms with Crippen LogP contribution in [0.3, 0.4) is 0 Å². The summed E-state index contributed by atoms with van der Waals surface area (Å²) in [5.41, 5.74) is -0.0354. The maximum atomic E-state index is 12.7. The number of nitrogens with zero attached hydrogens (tertiary/aromatic N) is 4. The molecule has 10 heteroatoms. The van der Waals surface area contributed by atoms with E-state index in [1.165, 1.54) is 19.2 Å². The molecule has 2 amide bonds. The lowest BCUT2D eigenvalue weighted by Crippen LogP contribution is -2.36. The Hall–Kier alpha value is -3.30. The number of carbonyl (C=O) groups excluding carboxylic acids is 3. The topological polar surface area (TPSA) is 118 Å². The number of hydrogen-bond donors (Lipinski definition) is 0. The summed E-state index contributed by atoms with van der Waals surface area (Å²) in [6.07, 6.45) is 0. The number of fused-ring (bicyclic) bond motifs is 1. The van der Waals surface area contributed by atoms with Gasteiger partial charge in [-0.1, -0.05) is 0 Å². The third-order valence-electron chi connectivity index (χ3n) is 3.84. The summed E-state index contributed by atoms with van der Waals surface area (Å²) in [6.45, 7) is 0. The van der Waals surface area contributed by atoms with Crippen molar-refractivity contribution in [1.82, 2.24) is 5.12 Å². The van der Waals surface area contributed by atoms with Gasteiger partial charge in [-0.3, -0.25) is 9.59 Å². The van der Waals surface area contributed by atoms with Crippen LogP contribution in [0.15, 0.2) is 34.7 Å². The summed E-state index contributed by atoms with van der Waals surface area (Å²) >= 11 is 0. The van der Waals surface area contributed by atoms with E-state index in [1.807, 2.05) is 0 Å². The van der Waals surface area contributed by atoms with Gasteiger partial charge < -0.3 is 9.47 Å². The largest absolute Gasteiger partial charge is 0.497 e. The second-order valence-electron chi connectivity index (χ2n) is 5.01. The van der Waals surface area contributed by atoms with Crippen LogP contribution in [0.25, 0.3) is 0 Å². The molecule has 2 aliphatic heterocycles. The number of amides is 2. The first-order valence-electron chi connectivity index (χ1n) is 6.84. The number of imide groups is 1. The second-order valence-corrected chi connectivity index (χ2v) is 5.01. The van der Waals surface area contributed by atoms with E-state index in [-0.39, 0.29) is 11.4 Å². The lowest BCUT2D eigenvalue weighted by atomic mass is 9.98. The molecule has 2 atom stereocenters. The summed E-state index contributed by atoms with van der Waals surface area (Å²) in [5.74, 6) is -2.95. The molecule has 0 aliphatic carbocycles. The molecule has 1 saturated heterocycles. The van der Waals surface area contributed by atoms with Crippen LogP contribution >= 0.6 is 0 Å². The van der Waals surface area contributed by atoms with Gasteiger partial charge in [0, 0.05) is 0 Å². The number of benzene rings is 1. The summed E-state index contributed by atoms with van der Waals surface area (Å²) in [5, 5.41) is 6.76. The average Bonchev–Trinajstić information content (AvgIpc) is 3.11. The van der Waals surface area contributed by atoms with Crippen LogP contribution in [-0.2, 0) is 19.1 Å². The van der Waals surface area contributed by atoms with E-state index in [2.05, 4.69) is 15.1 Å². The lowest BCUT2D eigenvalue weighted by Gasteiger charge is -2.16. The van der Waals surface area contributed by atoms with Crippen molar-refractivity contribution in [3.63, 3.8) is 0 Å². The Kier molecular flexibility index (Phi) is 3.72. The van der Waals surface area contributed by atoms with Crippen molar-refractivity contribution in [1.29, 1.82) is 0 Å². The molecule has 2 heterocycles. The Bertz CT molecular complexity index is 759. The van der Waals surface area contributed by atoms with Gasteiger partial charge >= 0.3 is 5.97 Å². The first-order chi connectivity index (χ1) is 11.5. The molecule has 3 rings (SSSR count). The molecule has 0 saturated carbocycles. The van der Waals surface area contributed by atoms with E-state index < -0.39 is 29.7 Å². The maximum Gasteiger partial charge on any atom is 0.355 e.